The number of nitrogens with zero attached hydrogens (tertiary/aromatic N) is 4. The highest BCUT2D eigenvalue weighted by molar-refractivity contribution is 9.10. The molecule has 0 aromatic carbocycles. The molecule has 2 unspecified atom stereocenters. The van der Waals surface area contributed by atoms with Crippen molar-refractivity contribution in [2.45, 2.75) is 48.7 Å². The minimum atomic E-state index is 0.0925. The standard InChI is InChI=1S/C12H16BrN5S2/c1-2-9(14)11(10-5-7(13)6-19-10)20-12-15-16-17-18(12)8-3-4-8/h5-6,8-9,11H,2-4,14H2,1H3. The zero-order valence-electron chi connectivity index (χ0n) is 11.1. The Morgan fingerprint density at radius 1 is 1.60 bits per heavy atom. The van der Waals surface area contributed by atoms with E-state index in [0.29, 0.717) is 6.04 Å². The summed E-state index contributed by atoms with van der Waals surface area (Å²) < 4.78 is 3.05. The monoisotopic (exact) mass is 373 g/mol. The van der Waals surface area contributed by atoms with Crippen molar-refractivity contribution in [1.82, 2.24) is 20.2 Å². The Kier molecular flexibility index (Phi) is 4.44. The quantitative estimate of drug-likeness (QED) is 0.785. The molecule has 0 aliphatic heterocycles. The lowest BCUT2D eigenvalue weighted by Gasteiger charge is -2.20. The fraction of sp³-hybridized carbons (Fsp3) is 0.583. The second-order valence-electron chi connectivity index (χ2n) is 4.92. The molecule has 2 atom stereocenters. The van der Waals surface area contributed by atoms with E-state index in [-0.39, 0.29) is 11.3 Å². The molecule has 20 heavy (non-hydrogen) atoms. The summed E-state index contributed by atoms with van der Waals surface area (Å²) in [6.45, 7) is 2.12. The van der Waals surface area contributed by atoms with Crippen molar-refractivity contribution in [3.05, 3.63) is 20.8 Å². The van der Waals surface area contributed by atoms with Crippen LogP contribution in [0.4, 0.5) is 0 Å². The van der Waals surface area contributed by atoms with E-state index in [1.54, 1.807) is 23.1 Å². The van der Waals surface area contributed by atoms with Crippen LogP contribution < -0.4 is 5.73 Å². The highest BCUT2D eigenvalue weighted by atomic mass is 79.9. The summed E-state index contributed by atoms with van der Waals surface area (Å²) in [5, 5.41) is 15.3. The van der Waals surface area contributed by atoms with Crippen LogP contribution in [0.25, 0.3) is 0 Å². The van der Waals surface area contributed by atoms with Gasteiger partial charge in [0, 0.05) is 20.8 Å². The van der Waals surface area contributed by atoms with Crippen molar-refractivity contribution in [1.29, 1.82) is 0 Å². The smallest absolute Gasteiger partial charge is 0.210 e. The summed E-state index contributed by atoms with van der Waals surface area (Å²) in [6, 6.07) is 2.72. The molecule has 2 aromatic heterocycles. The number of nitrogens with two attached hydrogens (primary N) is 1. The second kappa shape index (κ2) is 6.13. The number of halogens is 1. The van der Waals surface area contributed by atoms with E-state index in [2.05, 4.69) is 49.8 Å². The van der Waals surface area contributed by atoms with Gasteiger partial charge in [0.05, 0.1) is 11.3 Å². The number of thiophene rings is 1. The summed E-state index contributed by atoms with van der Waals surface area (Å²) in [7, 11) is 0. The number of tetrazole rings is 1. The lowest BCUT2D eigenvalue weighted by molar-refractivity contribution is 0.561. The number of hydrogen-bond acceptors (Lipinski definition) is 6. The molecule has 0 spiro atoms. The molecule has 0 bridgehead atoms. The minimum Gasteiger partial charge on any atom is -0.326 e. The first-order valence-corrected chi connectivity index (χ1v) is 9.18. The number of rotatable bonds is 6. The van der Waals surface area contributed by atoms with E-state index >= 15 is 0 Å². The van der Waals surface area contributed by atoms with Crippen LogP contribution in [0.2, 0.25) is 0 Å². The SMILES string of the molecule is CCC(N)C(Sc1nnnn1C1CC1)c1cc(Br)cs1. The van der Waals surface area contributed by atoms with E-state index in [1.165, 1.54) is 17.7 Å². The maximum atomic E-state index is 6.31. The van der Waals surface area contributed by atoms with Crippen molar-refractivity contribution >= 4 is 39.0 Å². The lowest BCUT2D eigenvalue weighted by Crippen LogP contribution is -2.25. The molecule has 0 radical (unpaired) electrons. The van der Waals surface area contributed by atoms with Crippen LogP contribution in [-0.4, -0.2) is 26.2 Å². The third kappa shape index (κ3) is 3.08. The van der Waals surface area contributed by atoms with Gasteiger partial charge in [-0.25, -0.2) is 4.68 Å². The molecule has 1 fully saturated rings. The number of hydrogen-bond donors (Lipinski definition) is 1. The molecule has 2 aromatic rings. The molecule has 108 valence electrons. The van der Waals surface area contributed by atoms with E-state index in [1.807, 2.05) is 4.68 Å². The van der Waals surface area contributed by atoms with E-state index in [4.69, 9.17) is 5.73 Å². The van der Waals surface area contributed by atoms with Crippen molar-refractivity contribution in [3.8, 4) is 0 Å². The Balaban J connectivity index is 1.84. The fourth-order valence-electron chi connectivity index (χ4n) is 1.97. The van der Waals surface area contributed by atoms with Crippen LogP contribution in [0, 0.1) is 0 Å². The van der Waals surface area contributed by atoms with Crippen LogP contribution in [0.5, 0.6) is 0 Å². The van der Waals surface area contributed by atoms with Gasteiger partial charge in [0.1, 0.15) is 0 Å². The molecule has 2 heterocycles. The van der Waals surface area contributed by atoms with Gasteiger partial charge in [-0.15, -0.1) is 16.4 Å². The fourth-order valence-corrected chi connectivity index (χ4v) is 4.94. The van der Waals surface area contributed by atoms with Crippen molar-refractivity contribution in [2.24, 2.45) is 5.73 Å². The Hall–Kier alpha value is -0.440. The summed E-state index contributed by atoms with van der Waals surface area (Å²) in [4.78, 5) is 1.27. The van der Waals surface area contributed by atoms with Gasteiger partial charge in [0.2, 0.25) is 5.16 Å². The average molecular weight is 374 g/mol. The van der Waals surface area contributed by atoms with E-state index in [0.717, 1.165) is 16.0 Å². The summed E-state index contributed by atoms with van der Waals surface area (Å²) >= 11 is 6.92. The minimum absolute atomic E-state index is 0.0925. The summed E-state index contributed by atoms with van der Waals surface area (Å²) in [5.74, 6) is 0. The lowest BCUT2D eigenvalue weighted by atomic mass is 10.1. The Morgan fingerprint density at radius 2 is 2.40 bits per heavy atom. The van der Waals surface area contributed by atoms with Crippen LogP contribution in [-0.2, 0) is 0 Å². The predicted molar refractivity (Wildman–Crippen MR) is 85.0 cm³/mol. The van der Waals surface area contributed by atoms with Crippen LogP contribution >= 0.6 is 39.0 Å². The first-order chi connectivity index (χ1) is 9.69. The third-order valence-corrected chi connectivity index (χ3v) is 6.58. The average Bonchev–Trinajstić information content (AvgIpc) is 3.03. The molecule has 3 rings (SSSR count). The highest BCUT2D eigenvalue weighted by Gasteiger charge is 2.30. The van der Waals surface area contributed by atoms with E-state index < -0.39 is 0 Å². The van der Waals surface area contributed by atoms with Gasteiger partial charge < -0.3 is 5.73 Å². The molecule has 1 aliphatic carbocycles. The molecular weight excluding hydrogens is 358 g/mol. The van der Waals surface area contributed by atoms with Gasteiger partial charge >= 0.3 is 0 Å². The van der Waals surface area contributed by atoms with Crippen molar-refractivity contribution in [3.63, 3.8) is 0 Å². The van der Waals surface area contributed by atoms with Crippen molar-refractivity contribution < 1.29 is 0 Å². The van der Waals surface area contributed by atoms with Gasteiger partial charge in [-0.1, -0.05) is 18.7 Å². The van der Waals surface area contributed by atoms with E-state index in [9.17, 15) is 0 Å². The zero-order valence-corrected chi connectivity index (χ0v) is 14.3. The molecule has 0 saturated heterocycles. The van der Waals surface area contributed by atoms with Gasteiger partial charge in [0.15, 0.2) is 0 Å². The Labute approximate surface area is 134 Å². The maximum Gasteiger partial charge on any atom is 0.210 e. The molecule has 5 nitrogen and oxygen atoms in total. The van der Waals surface area contributed by atoms with Gasteiger partial charge in [-0.3, -0.25) is 0 Å². The normalized spacial score (nSPS) is 18.1. The number of thioether (sulfide) groups is 1. The molecule has 1 saturated carbocycles. The predicted octanol–water partition coefficient (Wildman–Crippen LogP) is 3.40. The van der Waals surface area contributed by atoms with Crippen LogP contribution in [0.3, 0.4) is 0 Å². The highest BCUT2D eigenvalue weighted by Crippen LogP contribution is 2.43. The molecule has 0 amide bonds. The van der Waals surface area contributed by atoms with Gasteiger partial charge in [0.25, 0.3) is 0 Å². The topological polar surface area (TPSA) is 69.6 Å². The summed E-state index contributed by atoms with van der Waals surface area (Å²) in [6.07, 6.45) is 3.28. The third-order valence-electron chi connectivity index (χ3n) is 3.32. The Bertz CT molecular complexity index is 580. The molecular formula is C12H16BrN5S2. The zero-order chi connectivity index (χ0) is 14.1. The van der Waals surface area contributed by atoms with Gasteiger partial charge in [-0.05, 0) is 51.7 Å². The van der Waals surface area contributed by atoms with Crippen LogP contribution in [0.15, 0.2) is 21.1 Å². The second-order valence-corrected chi connectivity index (χ2v) is 7.88. The van der Waals surface area contributed by atoms with Crippen molar-refractivity contribution in [2.75, 3.05) is 0 Å². The molecule has 8 heteroatoms. The van der Waals surface area contributed by atoms with Gasteiger partial charge in [-0.2, -0.15) is 0 Å². The molecule has 1 aliphatic rings. The summed E-state index contributed by atoms with van der Waals surface area (Å²) in [5.41, 5.74) is 6.31. The first-order valence-electron chi connectivity index (χ1n) is 6.63. The Morgan fingerprint density at radius 3 is 3.00 bits per heavy atom. The van der Waals surface area contributed by atoms with Crippen LogP contribution in [0.1, 0.15) is 42.4 Å². The first kappa shape index (κ1) is 14.5. The number of aromatic nitrogens is 4. The maximum absolute atomic E-state index is 6.31. The molecule has 2 N–H and O–H groups in total. The largest absolute Gasteiger partial charge is 0.326 e.